The summed E-state index contributed by atoms with van der Waals surface area (Å²) in [5.41, 5.74) is 10.4. The molecule has 1 aliphatic carbocycles. The lowest BCUT2D eigenvalue weighted by Gasteiger charge is -2.36. The zero-order chi connectivity index (χ0) is 26.9. The first-order valence-corrected chi connectivity index (χ1v) is 13.1. The van der Waals surface area contributed by atoms with Crippen LogP contribution in [0, 0.1) is 13.8 Å². The third-order valence-electron chi connectivity index (χ3n) is 7.92. The van der Waals surface area contributed by atoms with E-state index >= 15 is 0 Å². The molecule has 0 unspecified atom stereocenters. The molecule has 0 saturated carbocycles. The Morgan fingerprint density at radius 2 is 0.892 bits per heavy atom. The molecule has 2 heteroatoms. The number of rotatable bonds is 2. The van der Waals surface area contributed by atoms with Crippen LogP contribution in [0.2, 0.25) is 0 Å². The predicted molar refractivity (Wildman–Crippen MR) is 154 cm³/mol. The van der Waals surface area contributed by atoms with Gasteiger partial charge in [0.15, 0.2) is 0 Å². The van der Waals surface area contributed by atoms with Gasteiger partial charge in [-0.2, -0.15) is 0 Å². The Hall–Kier alpha value is -3.52. The number of phenolic OH excluding ortho intramolecular Hbond substituents is 2. The summed E-state index contributed by atoms with van der Waals surface area (Å²) in [4.78, 5) is 0. The third kappa shape index (κ3) is 3.85. The molecule has 2 nitrogen and oxygen atoms in total. The van der Waals surface area contributed by atoms with Crippen LogP contribution in [-0.2, 0) is 16.2 Å². The first-order valence-electron chi connectivity index (χ1n) is 13.1. The zero-order valence-corrected chi connectivity index (χ0v) is 23.3. The molecule has 0 aromatic heterocycles. The van der Waals surface area contributed by atoms with E-state index in [1.165, 1.54) is 33.4 Å². The third-order valence-corrected chi connectivity index (χ3v) is 7.92. The molecule has 0 aliphatic heterocycles. The summed E-state index contributed by atoms with van der Waals surface area (Å²) in [5, 5.41) is 21.8. The van der Waals surface area contributed by atoms with E-state index in [1.54, 1.807) is 0 Å². The molecule has 37 heavy (non-hydrogen) atoms. The number of aryl methyl sites for hydroxylation is 2. The second kappa shape index (κ2) is 8.25. The number of hydrogen-bond donors (Lipinski definition) is 2. The first-order chi connectivity index (χ1) is 17.2. The zero-order valence-electron chi connectivity index (χ0n) is 23.3. The topological polar surface area (TPSA) is 40.5 Å². The summed E-state index contributed by atoms with van der Waals surface area (Å²) in [6.07, 6.45) is 0. The number of aromatic hydroxyl groups is 2. The van der Waals surface area contributed by atoms with E-state index in [0.29, 0.717) is 11.5 Å². The molecule has 0 saturated heterocycles. The van der Waals surface area contributed by atoms with Crippen LogP contribution in [0.4, 0.5) is 0 Å². The molecule has 190 valence electrons. The van der Waals surface area contributed by atoms with Crippen molar-refractivity contribution in [2.45, 2.75) is 71.6 Å². The van der Waals surface area contributed by atoms with Crippen LogP contribution in [0.1, 0.15) is 86.1 Å². The maximum absolute atomic E-state index is 10.9. The van der Waals surface area contributed by atoms with Gasteiger partial charge in [-0.15, -0.1) is 0 Å². The van der Waals surface area contributed by atoms with Gasteiger partial charge in [-0.25, -0.2) is 0 Å². The summed E-state index contributed by atoms with van der Waals surface area (Å²) in [5.74, 6) is 0.638. The standard InChI is InChI=1S/C35H38O2/c1-21-9-13-25-26-14-10-22(2)18-28(26)35(27(25)17-21,23-11-15-31(36)29(19-23)33(3,4)5)24-12-16-32(37)30(20-24)34(6,7)8/h9-20,36-37H,1-8H3. The van der Waals surface area contributed by atoms with Gasteiger partial charge in [0.2, 0.25) is 0 Å². The molecular weight excluding hydrogens is 452 g/mol. The van der Waals surface area contributed by atoms with E-state index < -0.39 is 5.41 Å². The van der Waals surface area contributed by atoms with Crippen LogP contribution < -0.4 is 0 Å². The highest BCUT2D eigenvalue weighted by atomic mass is 16.3. The summed E-state index contributed by atoms with van der Waals surface area (Å²) in [6, 6.07) is 25.8. The van der Waals surface area contributed by atoms with Crippen molar-refractivity contribution < 1.29 is 10.2 Å². The van der Waals surface area contributed by atoms with Crippen LogP contribution in [0.15, 0.2) is 72.8 Å². The Morgan fingerprint density at radius 1 is 0.514 bits per heavy atom. The van der Waals surface area contributed by atoms with Gasteiger partial charge >= 0.3 is 0 Å². The van der Waals surface area contributed by atoms with Gasteiger partial charge in [-0.1, -0.05) is 113 Å². The lowest BCUT2D eigenvalue weighted by atomic mass is 9.65. The fraction of sp³-hybridized carbons (Fsp3) is 0.314. The van der Waals surface area contributed by atoms with Crippen LogP contribution >= 0.6 is 0 Å². The number of fused-ring (bicyclic) bond motifs is 3. The Balaban J connectivity index is 2.00. The minimum absolute atomic E-state index is 0.226. The fourth-order valence-corrected chi connectivity index (χ4v) is 6.08. The average Bonchev–Trinajstić information content (AvgIpc) is 3.07. The predicted octanol–water partition coefficient (Wildman–Crippen LogP) is 8.67. The van der Waals surface area contributed by atoms with Crippen molar-refractivity contribution in [1.82, 2.24) is 0 Å². The van der Waals surface area contributed by atoms with Crippen LogP contribution in [-0.4, -0.2) is 10.2 Å². The van der Waals surface area contributed by atoms with E-state index in [9.17, 15) is 10.2 Å². The molecule has 0 bridgehead atoms. The van der Waals surface area contributed by atoms with Crippen molar-refractivity contribution in [1.29, 1.82) is 0 Å². The lowest BCUT2D eigenvalue weighted by molar-refractivity contribution is 0.445. The van der Waals surface area contributed by atoms with Crippen LogP contribution in [0.25, 0.3) is 11.1 Å². The van der Waals surface area contributed by atoms with Crippen molar-refractivity contribution in [3.8, 4) is 22.6 Å². The van der Waals surface area contributed by atoms with Gasteiger partial charge in [-0.3, -0.25) is 0 Å². The molecule has 4 aromatic carbocycles. The van der Waals surface area contributed by atoms with Crippen molar-refractivity contribution >= 4 is 0 Å². The van der Waals surface area contributed by atoms with Gasteiger partial charge in [0, 0.05) is 0 Å². The summed E-state index contributed by atoms with van der Waals surface area (Å²) < 4.78 is 0. The molecule has 0 spiro atoms. The largest absolute Gasteiger partial charge is 0.508 e. The average molecular weight is 491 g/mol. The van der Waals surface area contributed by atoms with E-state index in [4.69, 9.17) is 0 Å². The van der Waals surface area contributed by atoms with Crippen molar-refractivity contribution in [2.24, 2.45) is 0 Å². The SMILES string of the molecule is Cc1ccc2c(c1)C(c1ccc(O)c(C(C)(C)C)c1)(c1ccc(O)c(C(C)(C)C)c1)c1cc(C)ccc1-2. The molecule has 4 aromatic rings. The maximum Gasteiger partial charge on any atom is 0.119 e. The van der Waals surface area contributed by atoms with E-state index in [0.717, 1.165) is 22.3 Å². The summed E-state index contributed by atoms with van der Waals surface area (Å²) in [6.45, 7) is 17.1. The second-order valence-corrected chi connectivity index (χ2v) is 12.8. The maximum atomic E-state index is 10.9. The van der Waals surface area contributed by atoms with Gasteiger partial charge in [0.05, 0.1) is 5.41 Å². The Bertz CT molecular complexity index is 1410. The van der Waals surface area contributed by atoms with Gasteiger partial charge < -0.3 is 10.2 Å². The molecular formula is C35H38O2. The van der Waals surface area contributed by atoms with Crippen molar-refractivity contribution in [2.75, 3.05) is 0 Å². The molecule has 0 amide bonds. The molecule has 2 N–H and O–H groups in total. The summed E-state index contributed by atoms with van der Waals surface area (Å²) >= 11 is 0. The molecule has 0 fully saturated rings. The Labute approximate surface area is 221 Å². The van der Waals surface area contributed by atoms with Crippen molar-refractivity contribution in [3.05, 3.63) is 117 Å². The minimum Gasteiger partial charge on any atom is -0.508 e. The number of benzene rings is 4. The van der Waals surface area contributed by atoms with Crippen molar-refractivity contribution in [3.63, 3.8) is 0 Å². The van der Waals surface area contributed by atoms with Gasteiger partial charge in [-0.05, 0) is 81.3 Å². The highest BCUT2D eigenvalue weighted by Crippen LogP contribution is 2.57. The monoisotopic (exact) mass is 490 g/mol. The minimum atomic E-state index is -0.593. The van der Waals surface area contributed by atoms with E-state index in [2.05, 4.69) is 116 Å². The lowest BCUT2D eigenvalue weighted by Crippen LogP contribution is -2.30. The molecule has 0 heterocycles. The molecule has 0 atom stereocenters. The second-order valence-electron chi connectivity index (χ2n) is 12.8. The fourth-order valence-electron chi connectivity index (χ4n) is 6.08. The number of phenols is 2. The van der Waals surface area contributed by atoms with Gasteiger partial charge in [0.25, 0.3) is 0 Å². The van der Waals surface area contributed by atoms with E-state index in [1.807, 2.05) is 12.1 Å². The summed E-state index contributed by atoms with van der Waals surface area (Å²) in [7, 11) is 0. The highest BCUT2D eigenvalue weighted by Gasteiger charge is 2.47. The first kappa shape index (κ1) is 25.1. The smallest absolute Gasteiger partial charge is 0.119 e. The van der Waals surface area contributed by atoms with Gasteiger partial charge in [0.1, 0.15) is 11.5 Å². The molecule has 1 aliphatic rings. The Kier molecular flexibility index (Phi) is 5.60. The molecule has 0 radical (unpaired) electrons. The van der Waals surface area contributed by atoms with E-state index in [-0.39, 0.29) is 10.8 Å². The normalized spacial score (nSPS) is 14.4. The Morgan fingerprint density at radius 3 is 1.24 bits per heavy atom. The quantitative estimate of drug-likeness (QED) is 0.260. The van der Waals surface area contributed by atoms with Crippen LogP contribution in [0.5, 0.6) is 11.5 Å². The highest BCUT2D eigenvalue weighted by molar-refractivity contribution is 5.87. The van der Waals surface area contributed by atoms with Crippen LogP contribution in [0.3, 0.4) is 0 Å². The number of hydrogen-bond acceptors (Lipinski definition) is 2. The molecule has 5 rings (SSSR count).